The summed E-state index contributed by atoms with van der Waals surface area (Å²) in [5.74, 6) is 0.0240. The van der Waals surface area contributed by atoms with Gasteiger partial charge in [-0.15, -0.1) is 0 Å². The van der Waals surface area contributed by atoms with Gasteiger partial charge in [-0.3, -0.25) is 4.79 Å². The number of methoxy groups -OCH3 is 2. The number of hydrogen-bond acceptors (Lipinski definition) is 5. The summed E-state index contributed by atoms with van der Waals surface area (Å²) >= 11 is 0. The molecule has 0 saturated heterocycles. The van der Waals surface area contributed by atoms with Gasteiger partial charge in [0.1, 0.15) is 17.1 Å². The van der Waals surface area contributed by atoms with Crippen LogP contribution in [0.25, 0.3) is 0 Å². The molecule has 0 saturated carbocycles. The SMILES string of the molecule is COc1ccc(C(=O)O[C@@H](C)C(=O)c2ccc(C)c(C)c2)c(OC)c1. The molecular weight excluding hydrogens is 320 g/mol. The molecule has 0 N–H and O–H groups in total. The Bertz CT molecular complexity index is 795. The molecule has 5 nitrogen and oxygen atoms in total. The Morgan fingerprint density at radius 3 is 2.24 bits per heavy atom. The highest BCUT2D eigenvalue weighted by Crippen LogP contribution is 2.25. The maximum absolute atomic E-state index is 12.5. The van der Waals surface area contributed by atoms with Gasteiger partial charge in [0.15, 0.2) is 6.10 Å². The van der Waals surface area contributed by atoms with Gasteiger partial charge in [-0.05, 0) is 50.1 Å². The number of ketones is 1. The van der Waals surface area contributed by atoms with E-state index < -0.39 is 12.1 Å². The van der Waals surface area contributed by atoms with E-state index in [1.54, 1.807) is 37.3 Å². The molecule has 0 aromatic heterocycles. The van der Waals surface area contributed by atoms with E-state index in [4.69, 9.17) is 14.2 Å². The highest BCUT2D eigenvalue weighted by molar-refractivity contribution is 6.02. The van der Waals surface area contributed by atoms with Gasteiger partial charge in [-0.2, -0.15) is 0 Å². The number of hydrogen-bond donors (Lipinski definition) is 0. The molecule has 0 bridgehead atoms. The Kier molecular flexibility index (Phi) is 5.80. The predicted molar refractivity (Wildman–Crippen MR) is 94.7 cm³/mol. The summed E-state index contributed by atoms with van der Waals surface area (Å²) in [4.78, 5) is 24.9. The molecule has 0 fully saturated rings. The molecular formula is C20H22O5. The highest BCUT2D eigenvalue weighted by Gasteiger charge is 2.23. The fourth-order valence-corrected chi connectivity index (χ4v) is 2.37. The summed E-state index contributed by atoms with van der Waals surface area (Å²) < 4.78 is 15.6. The van der Waals surface area contributed by atoms with E-state index in [1.165, 1.54) is 14.2 Å². The second-order valence-electron chi connectivity index (χ2n) is 5.78. The largest absolute Gasteiger partial charge is 0.497 e. The van der Waals surface area contributed by atoms with Gasteiger partial charge in [0.05, 0.1) is 14.2 Å². The van der Waals surface area contributed by atoms with Crippen LogP contribution in [-0.2, 0) is 4.74 Å². The van der Waals surface area contributed by atoms with E-state index in [0.29, 0.717) is 17.1 Å². The first-order chi connectivity index (χ1) is 11.9. The number of Topliss-reactive ketones (excluding diaryl/α,β-unsaturated/α-hetero) is 1. The van der Waals surface area contributed by atoms with E-state index in [0.717, 1.165) is 11.1 Å². The Balaban J connectivity index is 2.16. The Labute approximate surface area is 147 Å². The highest BCUT2D eigenvalue weighted by atomic mass is 16.5. The lowest BCUT2D eigenvalue weighted by Gasteiger charge is -2.15. The van der Waals surface area contributed by atoms with E-state index in [-0.39, 0.29) is 11.3 Å². The number of rotatable bonds is 6. The first-order valence-corrected chi connectivity index (χ1v) is 7.91. The van der Waals surface area contributed by atoms with Crippen molar-refractivity contribution in [2.24, 2.45) is 0 Å². The third kappa shape index (κ3) is 4.18. The summed E-state index contributed by atoms with van der Waals surface area (Å²) in [6, 6.07) is 10.2. The summed E-state index contributed by atoms with van der Waals surface area (Å²) in [6.45, 7) is 5.47. The van der Waals surface area contributed by atoms with E-state index in [1.807, 2.05) is 19.9 Å². The minimum absolute atomic E-state index is 0.239. The van der Waals surface area contributed by atoms with Gasteiger partial charge < -0.3 is 14.2 Å². The molecule has 2 aromatic carbocycles. The third-order valence-corrected chi connectivity index (χ3v) is 4.07. The van der Waals surface area contributed by atoms with Crippen molar-refractivity contribution in [3.63, 3.8) is 0 Å². The van der Waals surface area contributed by atoms with Crippen molar-refractivity contribution >= 4 is 11.8 Å². The van der Waals surface area contributed by atoms with Crippen molar-refractivity contribution in [2.45, 2.75) is 26.9 Å². The number of benzene rings is 2. The molecule has 2 aromatic rings. The van der Waals surface area contributed by atoms with Crippen molar-refractivity contribution in [3.8, 4) is 11.5 Å². The lowest BCUT2D eigenvalue weighted by Crippen LogP contribution is -2.24. The average Bonchev–Trinajstić information content (AvgIpc) is 2.62. The molecule has 0 amide bonds. The molecule has 2 rings (SSSR count). The first-order valence-electron chi connectivity index (χ1n) is 7.91. The number of esters is 1. The normalized spacial score (nSPS) is 11.6. The number of carbonyl (C=O) groups is 2. The van der Waals surface area contributed by atoms with E-state index in [2.05, 4.69) is 0 Å². The van der Waals surface area contributed by atoms with Crippen LogP contribution in [0.3, 0.4) is 0 Å². The van der Waals surface area contributed by atoms with Gasteiger partial charge in [0.2, 0.25) is 5.78 Å². The van der Waals surface area contributed by atoms with Crippen LogP contribution in [0.2, 0.25) is 0 Å². The van der Waals surface area contributed by atoms with Gasteiger partial charge >= 0.3 is 5.97 Å². The standard InChI is InChI=1S/C20H22O5/c1-12-6-7-15(10-13(12)2)19(21)14(3)25-20(22)17-9-8-16(23-4)11-18(17)24-5/h6-11,14H,1-5H3/t14-/m0/s1. The van der Waals surface area contributed by atoms with Crippen molar-refractivity contribution in [1.82, 2.24) is 0 Å². The van der Waals surface area contributed by atoms with Crippen LogP contribution in [0, 0.1) is 13.8 Å². The van der Waals surface area contributed by atoms with Gasteiger partial charge in [0, 0.05) is 11.6 Å². The van der Waals surface area contributed by atoms with Crippen LogP contribution in [0.1, 0.15) is 38.8 Å². The topological polar surface area (TPSA) is 61.8 Å². The Morgan fingerprint density at radius 2 is 1.64 bits per heavy atom. The van der Waals surface area contributed by atoms with Crippen molar-refractivity contribution in [1.29, 1.82) is 0 Å². The molecule has 1 atom stereocenters. The van der Waals surface area contributed by atoms with E-state index in [9.17, 15) is 9.59 Å². The summed E-state index contributed by atoms with van der Waals surface area (Å²) in [5, 5.41) is 0. The maximum atomic E-state index is 12.5. The molecule has 0 heterocycles. The minimum Gasteiger partial charge on any atom is -0.497 e. The van der Waals surface area contributed by atoms with Crippen LogP contribution < -0.4 is 9.47 Å². The van der Waals surface area contributed by atoms with Crippen molar-refractivity contribution in [2.75, 3.05) is 14.2 Å². The molecule has 0 unspecified atom stereocenters. The summed E-state index contributed by atoms with van der Waals surface area (Å²) in [7, 11) is 2.98. The average molecular weight is 342 g/mol. The zero-order valence-electron chi connectivity index (χ0n) is 15.1. The first kappa shape index (κ1) is 18.5. The summed E-state index contributed by atoms with van der Waals surface area (Å²) in [5.41, 5.74) is 2.87. The molecule has 0 aliphatic carbocycles. The molecule has 0 spiro atoms. The van der Waals surface area contributed by atoms with Crippen LogP contribution in [0.5, 0.6) is 11.5 Å². The lowest BCUT2D eigenvalue weighted by atomic mass is 10.0. The zero-order chi connectivity index (χ0) is 18.6. The lowest BCUT2D eigenvalue weighted by molar-refractivity contribution is 0.0316. The van der Waals surface area contributed by atoms with Crippen molar-refractivity contribution < 1.29 is 23.8 Å². The van der Waals surface area contributed by atoms with Gasteiger partial charge in [0.25, 0.3) is 0 Å². The van der Waals surface area contributed by atoms with E-state index >= 15 is 0 Å². The second-order valence-corrected chi connectivity index (χ2v) is 5.78. The number of ether oxygens (including phenoxy) is 3. The van der Waals surface area contributed by atoms with Crippen LogP contribution in [0.15, 0.2) is 36.4 Å². The van der Waals surface area contributed by atoms with Gasteiger partial charge in [-0.25, -0.2) is 4.79 Å². The molecule has 0 radical (unpaired) electrons. The molecule has 5 heteroatoms. The maximum Gasteiger partial charge on any atom is 0.342 e. The Morgan fingerprint density at radius 1 is 0.920 bits per heavy atom. The predicted octanol–water partition coefficient (Wildman–Crippen LogP) is 3.75. The van der Waals surface area contributed by atoms with Crippen LogP contribution in [0.4, 0.5) is 0 Å². The smallest absolute Gasteiger partial charge is 0.342 e. The van der Waals surface area contributed by atoms with Crippen LogP contribution in [-0.4, -0.2) is 32.1 Å². The quantitative estimate of drug-likeness (QED) is 0.591. The minimum atomic E-state index is -0.901. The Hall–Kier alpha value is -2.82. The zero-order valence-corrected chi connectivity index (χ0v) is 15.1. The summed E-state index contributed by atoms with van der Waals surface area (Å²) in [6.07, 6.45) is -0.901. The molecule has 0 aliphatic rings. The van der Waals surface area contributed by atoms with Crippen molar-refractivity contribution in [3.05, 3.63) is 58.7 Å². The molecule has 132 valence electrons. The monoisotopic (exact) mass is 342 g/mol. The second kappa shape index (κ2) is 7.83. The number of aryl methyl sites for hydroxylation is 2. The fraction of sp³-hybridized carbons (Fsp3) is 0.300. The van der Waals surface area contributed by atoms with Gasteiger partial charge in [-0.1, -0.05) is 12.1 Å². The molecule has 25 heavy (non-hydrogen) atoms. The third-order valence-electron chi connectivity index (χ3n) is 4.07. The van der Waals surface area contributed by atoms with Crippen LogP contribution >= 0.6 is 0 Å². The molecule has 0 aliphatic heterocycles. The fourth-order valence-electron chi connectivity index (χ4n) is 2.37. The number of carbonyl (C=O) groups excluding carboxylic acids is 2.